The monoisotopic (exact) mass is 515 g/mol. The van der Waals surface area contributed by atoms with Crippen LogP contribution in [0.2, 0.25) is 0 Å². The fraction of sp³-hybridized carbons (Fsp3) is 0.484. The van der Waals surface area contributed by atoms with Crippen LogP contribution >= 0.6 is 7.29 Å². The molecule has 3 rings (SSSR count). The summed E-state index contributed by atoms with van der Waals surface area (Å²) in [6, 6.07) is 16.0. The van der Waals surface area contributed by atoms with Crippen LogP contribution in [0.25, 0.3) is 6.08 Å². The van der Waals surface area contributed by atoms with Crippen molar-refractivity contribution in [3.05, 3.63) is 88.5 Å². The van der Waals surface area contributed by atoms with Crippen LogP contribution in [0.4, 0.5) is 8.78 Å². The van der Waals surface area contributed by atoms with E-state index in [-0.39, 0.29) is 24.8 Å². The first-order valence-electron chi connectivity index (χ1n) is 13.1. The van der Waals surface area contributed by atoms with Crippen molar-refractivity contribution >= 4 is 13.4 Å². The standard InChI is InChI=1S/C29H38F2NOP.C2H6/c1-21(2)15-28-16-26(13-12-23(28)4)20-34(33,19-25-9-7-6-8-10-25)32-24(5)22(3)11-14-27-17-29(30,31)18-27;1-2/h6-10,12-13,15-16,24,27H,3,11,14,17-20H2,1-2,4-5H3,(H,32,33);1-2H3. The van der Waals surface area contributed by atoms with E-state index in [0.29, 0.717) is 25.2 Å². The van der Waals surface area contributed by atoms with Crippen LogP contribution in [-0.4, -0.2) is 12.0 Å². The molecule has 1 fully saturated rings. The normalized spacial score (nSPS) is 17.1. The van der Waals surface area contributed by atoms with E-state index in [4.69, 9.17) is 0 Å². The van der Waals surface area contributed by atoms with E-state index in [2.05, 4.69) is 56.7 Å². The van der Waals surface area contributed by atoms with Gasteiger partial charge in [-0.25, -0.2) is 8.78 Å². The summed E-state index contributed by atoms with van der Waals surface area (Å²) in [6.07, 6.45) is 4.41. The Hall–Kier alpha value is -2.03. The molecule has 0 heterocycles. The van der Waals surface area contributed by atoms with Gasteiger partial charge in [0.25, 0.3) is 0 Å². The Morgan fingerprint density at radius 1 is 1.11 bits per heavy atom. The predicted molar refractivity (Wildman–Crippen MR) is 152 cm³/mol. The summed E-state index contributed by atoms with van der Waals surface area (Å²) in [6.45, 7) is 16.4. The Morgan fingerprint density at radius 2 is 1.72 bits per heavy atom. The maximum absolute atomic E-state index is 14.3. The molecule has 2 atom stereocenters. The van der Waals surface area contributed by atoms with E-state index in [0.717, 1.165) is 22.3 Å². The van der Waals surface area contributed by atoms with Crippen molar-refractivity contribution in [3.63, 3.8) is 0 Å². The zero-order valence-electron chi connectivity index (χ0n) is 22.9. The number of allylic oxidation sites excluding steroid dienone is 1. The third-order valence-electron chi connectivity index (χ3n) is 6.60. The summed E-state index contributed by atoms with van der Waals surface area (Å²) in [5.74, 6) is -2.42. The predicted octanol–water partition coefficient (Wildman–Crippen LogP) is 9.78. The van der Waals surface area contributed by atoms with Gasteiger partial charge in [-0.05, 0) is 68.7 Å². The largest absolute Gasteiger partial charge is 0.306 e. The maximum atomic E-state index is 14.3. The molecule has 2 aromatic rings. The highest BCUT2D eigenvalue weighted by Gasteiger charge is 2.44. The van der Waals surface area contributed by atoms with Crippen LogP contribution in [0, 0.1) is 12.8 Å². The molecule has 0 aromatic heterocycles. The van der Waals surface area contributed by atoms with Crippen molar-refractivity contribution in [2.24, 2.45) is 5.92 Å². The number of rotatable bonds is 11. The molecule has 1 saturated carbocycles. The first-order chi connectivity index (χ1) is 16.9. The van der Waals surface area contributed by atoms with Crippen LogP contribution in [-0.2, 0) is 16.9 Å². The molecule has 1 N–H and O–H groups in total. The van der Waals surface area contributed by atoms with E-state index >= 15 is 0 Å². The van der Waals surface area contributed by atoms with Gasteiger partial charge in [0.05, 0.1) is 0 Å². The van der Waals surface area contributed by atoms with Gasteiger partial charge in [0.15, 0.2) is 7.29 Å². The van der Waals surface area contributed by atoms with Crippen LogP contribution in [0.15, 0.2) is 66.3 Å². The van der Waals surface area contributed by atoms with Crippen molar-refractivity contribution in [2.45, 2.75) is 91.5 Å². The van der Waals surface area contributed by atoms with Crippen molar-refractivity contribution in [2.75, 3.05) is 0 Å². The molecule has 0 bridgehead atoms. The third-order valence-corrected chi connectivity index (χ3v) is 9.21. The van der Waals surface area contributed by atoms with Gasteiger partial charge < -0.3 is 4.57 Å². The number of aryl methyl sites for hydroxylation is 1. The summed E-state index contributed by atoms with van der Waals surface area (Å²) < 4.78 is 40.6. The highest BCUT2D eigenvalue weighted by molar-refractivity contribution is 7.60. The van der Waals surface area contributed by atoms with E-state index in [9.17, 15) is 13.3 Å². The fourth-order valence-electron chi connectivity index (χ4n) is 4.61. The topological polar surface area (TPSA) is 29.1 Å². The van der Waals surface area contributed by atoms with Gasteiger partial charge in [0.2, 0.25) is 5.92 Å². The van der Waals surface area contributed by atoms with E-state index in [1.165, 1.54) is 11.1 Å². The summed E-state index contributed by atoms with van der Waals surface area (Å²) in [5.41, 5.74) is 6.57. The van der Waals surface area contributed by atoms with Gasteiger partial charge in [-0.3, -0.25) is 5.09 Å². The van der Waals surface area contributed by atoms with Crippen LogP contribution in [0.1, 0.15) is 82.6 Å². The number of hydrogen-bond donors (Lipinski definition) is 1. The minimum absolute atomic E-state index is 0.0178. The maximum Gasteiger partial charge on any atom is 0.248 e. The molecule has 2 nitrogen and oxygen atoms in total. The molecule has 0 amide bonds. The van der Waals surface area contributed by atoms with E-state index in [1.54, 1.807) is 0 Å². The fourth-order valence-corrected chi connectivity index (χ4v) is 7.38. The molecule has 1 aliphatic carbocycles. The van der Waals surface area contributed by atoms with Gasteiger partial charge in [-0.15, -0.1) is 0 Å². The van der Waals surface area contributed by atoms with Gasteiger partial charge in [-0.2, -0.15) is 0 Å². The second-order valence-electron chi connectivity index (χ2n) is 10.3. The number of benzene rings is 2. The summed E-state index contributed by atoms with van der Waals surface area (Å²) in [4.78, 5) is 0. The Morgan fingerprint density at radius 3 is 2.31 bits per heavy atom. The van der Waals surface area contributed by atoms with Crippen molar-refractivity contribution in [1.82, 2.24) is 5.09 Å². The average molecular weight is 516 g/mol. The lowest BCUT2D eigenvalue weighted by atomic mass is 9.77. The SMILES string of the molecule is C=C(CCC1CC(F)(F)C1)C(C)NP(=O)(Cc1ccccc1)Cc1ccc(C)c(C=C(C)C)c1.CC. The Kier molecular flexibility index (Phi) is 11.3. The molecule has 198 valence electrons. The quantitative estimate of drug-likeness (QED) is 0.238. The van der Waals surface area contributed by atoms with Crippen LogP contribution in [0.5, 0.6) is 0 Å². The van der Waals surface area contributed by atoms with Gasteiger partial charge in [0, 0.05) is 31.2 Å². The van der Waals surface area contributed by atoms with E-state index < -0.39 is 13.2 Å². The molecule has 2 aromatic carbocycles. The zero-order chi connectivity index (χ0) is 26.9. The lowest BCUT2D eigenvalue weighted by Gasteiger charge is -2.35. The second-order valence-corrected chi connectivity index (χ2v) is 13.0. The summed E-state index contributed by atoms with van der Waals surface area (Å²) in [7, 11) is -2.85. The molecule has 0 spiro atoms. The Balaban J connectivity index is 0.00000222. The van der Waals surface area contributed by atoms with E-state index in [1.807, 2.05) is 51.1 Å². The molecular formula is C31H44F2NOP. The molecule has 2 unspecified atom stereocenters. The zero-order valence-corrected chi connectivity index (χ0v) is 23.8. The molecule has 0 radical (unpaired) electrons. The lowest BCUT2D eigenvalue weighted by Crippen LogP contribution is -2.35. The minimum atomic E-state index is -2.85. The smallest absolute Gasteiger partial charge is 0.248 e. The van der Waals surface area contributed by atoms with Gasteiger partial charge in [-0.1, -0.05) is 86.2 Å². The first kappa shape index (κ1) is 30.2. The second kappa shape index (κ2) is 13.5. The first-order valence-corrected chi connectivity index (χ1v) is 15.2. The van der Waals surface area contributed by atoms with Crippen molar-refractivity contribution in [3.8, 4) is 0 Å². The highest BCUT2D eigenvalue weighted by Crippen LogP contribution is 2.50. The number of nitrogens with one attached hydrogen (secondary N) is 1. The Bertz CT molecular complexity index is 1070. The molecule has 0 saturated heterocycles. The van der Waals surface area contributed by atoms with Crippen LogP contribution < -0.4 is 5.09 Å². The lowest BCUT2D eigenvalue weighted by molar-refractivity contribution is -0.111. The molecule has 36 heavy (non-hydrogen) atoms. The van der Waals surface area contributed by atoms with Gasteiger partial charge >= 0.3 is 0 Å². The van der Waals surface area contributed by atoms with Crippen molar-refractivity contribution < 1.29 is 13.3 Å². The molecule has 5 heteroatoms. The molecular weight excluding hydrogens is 471 g/mol. The Labute approximate surface area is 217 Å². The number of halogens is 2. The molecule has 1 aliphatic rings. The van der Waals surface area contributed by atoms with Gasteiger partial charge in [0.1, 0.15) is 0 Å². The van der Waals surface area contributed by atoms with Crippen LogP contribution in [0.3, 0.4) is 0 Å². The summed E-state index contributed by atoms with van der Waals surface area (Å²) >= 11 is 0. The number of hydrogen-bond acceptors (Lipinski definition) is 1. The summed E-state index contributed by atoms with van der Waals surface area (Å²) in [5, 5.41) is 3.43. The minimum Gasteiger partial charge on any atom is -0.306 e. The third kappa shape index (κ3) is 9.45. The average Bonchev–Trinajstić information content (AvgIpc) is 2.79. The number of alkyl halides is 2. The molecule has 0 aliphatic heterocycles. The van der Waals surface area contributed by atoms with Crippen molar-refractivity contribution in [1.29, 1.82) is 0 Å². The highest BCUT2D eigenvalue weighted by atomic mass is 31.2.